The van der Waals surface area contributed by atoms with E-state index in [1.165, 1.54) is 0 Å². The third kappa shape index (κ3) is 1.54. The Hall–Kier alpha value is -2.37. The standard InChI is InChI=1S/C11H7FN2O3/c12-9-10(13-4-14-11(9)15)6-1-2-7-8(3-6)17-5-16-7/h1-4H,5H2,(H,13,14,15). The number of nitrogens with zero attached hydrogens (tertiary/aromatic N) is 1. The second-order valence-corrected chi connectivity index (χ2v) is 3.46. The summed E-state index contributed by atoms with van der Waals surface area (Å²) in [7, 11) is 0. The van der Waals surface area contributed by atoms with Crippen LogP contribution in [0.25, 0.3) is 11.3 Å². The Morgan fingerprint density at radius 1 is 1.29 bits per heavy atom. The lowest BCUT2D eigenvalue weighted by molar-refractivity contribution is 0.174. The molecule has 1 aliphatic heterocycles. The Morgan fingerprint density at radius 3 is 3.00 bits per heavy atom. The van der Waals surface area contributed by atoms with E-state index < -0.39 is 11.4 Å². The molecule has 1 aliphatic rings. The fourth-order valence-electron chi connectivity index (χ4n) is 1.63. The highest BCUT2D eigenvalue weighted by Gasteiger charge is 2.16. The maximum absolute atomic E-state index is 13.6. The molecule has 3 rings (SSSR count). The number of hydrogen-bond donors (Lipinski definition) is 1. The highest BCUT2D eigenvalue weighted by atomic mass is 19.1. The van der Waals surface area contributed by atoms with E-state index in [4.69, 9.17) is 9.47 Å². The van der Waals surface area contributed by atoms with Gasteiger partial charge in [-0.05, 0) is 18.2 Å². The first-order valence-electron chi connectivity index (χ1n) is 4.89. The summed E-state index contributed by atoms with van der Waals surface area (Å²) in [6, 6.07) is 4.87. The maximum atomic E-state index is 13.6. The zero-order chi connectivity index (χ0) is 11.8. The predicted octanol–water partition coefficient (Wildman–Crippen LogP) is 1.30. The number of aromatic amines is 1. The first kappa shape index (κ1) is 9.83. The Labute approximate surface area is 94.8 Å². The Balaban J connectivity index is 2.16. The van der Waals surface area contributed by atoms with E-state index in [1.807, 2.05) is 0 Å². The second kappa shape index (κ2) is 3.58. The number of halogens is 1. The fourth-order valence-corrected chi connectivity index (χ4v) is 1.63. The van der Waals surface area contributed by atoms with Crippen LogP contribution in [0.4, 0.5) is 4.39 Å². The molecule has 17 heavy (non-hydrogen) atoms. The highest BCUT2D eigenvalue weighted by Crippen LogP contribution is 2.35. The molecule has 0 unspecified atom stereocenters. The first-order valence-corrected chi connectivity index (χ1v) is 4.89. The summed E-state index contributed by atoms with van der Waals surface area (Å²) in [4.78, 5) is 17.1. The zero-order valence-corrected chi connectivity index (χ0v) is 8.57. The van der Waals surface area contributed by atoms with E-state index in [0.29, 0.717) is 17.1 Å². The Bertz CT molecular complexity index is 639. The van der Waals surface area contributed by atoms with E-state index in [1.54, 1.807) is 18.2 Å². The fraction of sp³-hybridized carbons (Fsp3) is 0.0909. The molecule has 1 aromatic heterocycles. The lowest BCUT2D eigenvalue weighted by atomic mass is 10.1. The number of fused-ring (bicyclic) bond motifs is 1. The average Bonchev–Trinajstić information content (AvgIpc) is 2.79. The average molecular weight is 234 g/mol. The summed E-state index contributed by atoms with van der Waals surface area (Å²) >= 11 is 0. The van der Waals surface area contributed by atoms with Gasteiger partial charge in [0.05, 0.1) is 6.33 Å². The normalized spacial score (nSPS) is 12.8. The molecule has 1 N–H and O–H groups in total. The summed E-state index contributed by atoms with van der Waals surface area (Å²) < 4.78 is 23.9. The Morgan fingerprint density at radius 2 is 2.12 bits per heavy atom. The molecule has 1 aromatic carbocycles. The van der Waals surface area contributed by atoms with Crippen LogP contribution in [0.2, 0.25) is 0 Å². The van der Waals surface area contributed by atoms with Crippen LogP contribution in [0.1, 0.15) is 0 Å². The van der Waals surface area contributed by atoms with Gasteiger partial charge in [-0.15, -0.1) is 0 Å². The summed E-state index contributed by atoms with van der Waals surface area (Å²) in [5, 5.41) is 0. The van der Waals surface area contributed by atoms with Crippen molar-refractivity contribution in [3.63, 3.8) is 0 Å². The smallest absolute Gasteiger partial charge is 0.287 e. The summed E-state index contributed by atoms with van der Waals surface area (Å²) in [5.41, 5.74) is -0.336. The number of hydrogen-bond acceptors (Lipinski definition) is 4. The van der Waals surface area contributed by atoms with Crippen molar-refractivity contribution in [2.75, 3.05) is 6.79 Å². The van der Waals surface area contributed by atoms with Gasteiger partial charge in [-0.1, -0.05) is 0 Å². The molecule has 0 radical (unpaired) electrons. The number of H-pyrrole nitrogens is 1. The van der Waals surface area contributed by atoms with Gasteiger partial charge in [-0.25, -0.2) is 4.98 Å². The number of nitrogens with one attached hydrogen (secondary N) is 1. The lowest BCUT2D eigenvalue weighted by Crippen LogP contribution is -2.12. The van der Waals surface area contributed by atoms with Gasteiger partial charge < -0.3 is 14.5 Å². The van der Waals surface area contributed by atoms with Gasteiger partial charge in [0, 0.05) is 5.56 Å². The second-order valence-electron chi connectivity index (χ2n) is 3.46. The monoisotopic (exact) mass is 234 g/mol. The number of aromatic nitrogens is 2. The Kier molecular flexibility index (Phi) is 2.07. The summed E-state index contributed by atoms with van der Waals surface area (Å²) in [5.74, 6) is 0.203. The van der Waals surface area contributed by atoms with Crippen molar-refractivity contribution in [2.45, 2.75) is 0 Å². The molecule has 6 heteroatoms. The minimum Gasteiger partial charge on any atom is -0.454 e. The lowest BCUT2D eigenvalue weighted by Gasteiger charge is -2.02. The van der Waals surface area contributed by atoms with Crippen molar-refractivity contribution < 1.29 is 13.9 Å². The molecular weight excluding hydrogens is 227 g/mol. The van der Waals surface area contributed by atoms with Crippen LogP contribution < -0.4 is 15.0 Å². The molecule has 2 heterocycles. The topological polar surface area (TPSA) is 64.2 Å². The molecular formula is C11H7FN2O3. The van der Waals surface area contributed by atoms with Crippen molar-refractivity contribution in [1.82, 2.24) is 9.97 Å². The quantitative estimate of drug-likeness (QED) is 0.807. The van der Waals surface area contributed by atoms with Crippen LogP contribution in [-0.2, 0) is 0 Å². The van der Waals surface area contributed by atoms with Crippen LogP contribution in [0.15, 0.2) is 29.3 Å². The molecule has 86 valence electrons. The first-order chi connectivity index (χ1) is 8.25. The molecule has 0 saturated heterocycles. The molecule has 0 aliphatic carbocycles. The van der Waals surface area contributed by atoms with Crippen LogP contribution >= 0.6 is 0 Å². The zero-order valence-electron chi connectivity index (χ0n) is 8.57. The van der Waals surface area contributed by atoms with E-state index in [9.17, 15) is 9.18 Å². The van der Waals surface area contributed by atoms with E-state index in [2.05, 4.69) is 9.97 Å². The van der Waals surface area contributed by atoms with Gasteiger partial charge in [-0.3, -0.25) is 4.79 Å². The van der Waals surface area contributed by atoms with E-state index in [0.717, 1.165) is 6.33 Å². The van der Waals surface area contributed by atoms with Crippen LogP contribution in [-0.4, -0.2) is 16.8 Å². The minimum absolute atomic E-state index is 0.00736. The maximum Gasteiger partial charge on any atom is 0.287 e. The molecule has 0 atom stereocenters. The van der Waals surface area contributed by atoms with Gasteiger partial charge in [0.1, 0.15) is 5.69 Å². The molecule has 2 aromatic rings. The van der Waals surface area contributed by atoms with E-state index >= 15 is 0 Å². The SMILES string of the molecule is O=c1[nH]cnc(-c2ccc3c(c2)OCO3)c1F. The van der Waals surface area contributed by atoms with Crippen LogP contribution in [0, 0.1) is 5.82 Å². The number of benzene rings is 1. The van der Waals surface area contributed by atoms with Gasteiger partial charge >= 0.3 is 0 Å². The largest absolute Gasteiger partial charge is 0.454 e. The third-order valence-electron chi connectivity index (χ3n) is 2.44. The van der Waals surface area contributed by atoms with Crippen molar-refractivity contribution in [3.8, 4) is 22.8 Å². The van der Waals surface area contributed by atoms with Crippen LogP contribution in [0.5, 0.6) is 11.5 Å². The summed E-state index contributed by atoms with van der Waals surface area (Å²) in [6.45, 7) is 0.143. The number of ether oxygens (including phenoxy) is 2. The van der Waals surface area contributed by atoms with Gasteiger partial charge in [-0.2, -0.15) is 4.39 Å². The molecule has 0 spiro atoms. The highest BCUT2D eigenvalue weighted by molar-refractivity contribution is 5.64. The third-order valence-corrected chi connectivity index (χ3v) is 2.44. The van der Waals surface area contributed by atoms with Crippen molar-refractivity contribution in [3.05, 3.63) is 40.7 Å². The minimum atomic E-state index is -0.911. The van der Waals surface area contributed by atoms with Crippen molar-refractivity contribution in [2.24, 2.45) is 0 Å². The van der Waals surface area contributed by atoms with Crippen molar-refractivity contribution >= 4 is 0 Å². The van der Waals surface area contributed by atoms with Crippen LogP contribution in [0.3, 0.4) is 0 Å². The van der Waals surface area contributed by atoms with Gasteiger partial charge in [0.15, 0.2) is 11.5 Å². The predicted molar refractivity (Wildman–Crippen MR) is 56.4 cm³/mol. The molecule has 0 bridgehead atoms. The van der Waals surface area contributed by atoms with Gasteiger partial charge in [0.2, 0.25) is 12.6 Å². The van der Waals surface area contributed by atoms with Crippen molar-refractivity contribution in [1.29, 1.82) is 0 Å². The molecule has 0 amide bonds. The molecule has 5 nitrogen and oxygen atoms in total. The number of rotatable bonds is 1. The molecule has 0 fully saturated rings. The van der Waals surface area contributed by atoms with E-state index in [-0.39, 0.29) is 12.5 Å². The van der Waals surface area contributed by atoms with Gasteiger partial charge in [0.25, 0.3) is 5.56 Å². The molecule has 0 saturated carbocycles. The summed E-state index contributed by atoms with van der Waals surface area (Å²) in [6.07, 6.45) is 1.16.